The molecule has 1 aliphatic heterocycles. The Morgan fingerprint density at radius 2 is 1.87 bits per heavy atom. The highest BCUT2D eigenvalue weighted by Crippen LogP contribution is 2.24. The van der Waals surface area contributed by atoms with Gasteiger partial charge in [0, 0.05) is 31.4 Å². The molecule has 2 aromatic carbocycles. The summed E-state index contributed by atoms with van der Waals surface area (Å²) in [5.74, 6) is 2.21. The Bertz CT molecular complexity index is 1000. The van der Waals surface area contributed by atoms with E-state index in [1.165, 1.54) is 5.56 Å². The summed E-state index contributed by atoms with van der Waals surface area (Å²) in [6, 6.07) is 20.4. The molecule has 1 atom stereocenters. The van der Waals surface area contributed by atoms with E-state index in [-0.39, 0.29) is 11.8 Å². The number of rotatable bonds is 6. The molecule has 0 radical (unpaired) electrons. The predicted octanol–water partition coefficient (Wildman–Crippen LogP) is 4.80. The third-order valence-electron chi connectivity index (χ3n) is 5.90. The molecular formula is C26H30N4O. The highest BCUT2D eigenvalue weighted by Gasteiger charge is 2.26. The monoisotopic (exact) mass is 414 g/mol. The van der Waals surface area contributed by atoms with Crippen molar-refractivity contribution in [2.45, 2.75) is 39.2 Å². The molecule has 1 fully saturated rings. The minimum absolute atomic E-state index is 0.0289. The Kier molecular flexibility index (Phi) is 6.60. The van der Waals surface area contributed by atoms with Crippen molar-refractivity contribution in [1.82, 2.24) is 15.3 Å². The van der Waals surface area contributed by atoms with E-state index in [0.717, 1.165) is 42.2 Å². The first kappa shape index (κ1) is 21.0. The van der Waals surface area contributed by atoms with Crippen LogP contribution in [0.4, 0.5) is 5.82 Å². The molecule has 160 valence electrons. The van der Waals surface area contributed by atoms with E-state index in [1.54, 1.807) is 6.20 Å². The smallest absolute Gasteiger partial charge is 0.225 e. The van der Waals surface area contributed by atoms with Gasteiger partial charge in [-0.05, 0) is 36.0 Å². The summed E-state index contributed by atoms with van der Waals surface area (Å²) < 4.78 is 0. The summed E-state index contributed by atoms with van der Waals surface area (Å²) in [7, 11) is 0. The number of piperidine rings is 1. The van der Waals surface area contributed by atoms with E-state index in [2.05, 4.69) is 53.3 Å². The number of nitrogens with one attached hydrogen (secondary N) is 1. The first-order valence-electron chi connectivity index (χ1n) is 11.1. The van der Waals surface area contributed by atoms with E-state index < -0.39 is 0 Å². The van der Waals surface area contributed by atoms with Crippen molar-refractivity contribution in [3.8, 4) is 11.4 Å². The second-order valence-corrected chi connectivity index (χ2v) is 8.50. The summed E-state index contributed by atoms with van der Waals surface area (Å²) in [6.45, 7) is 6.53. The molecule has 1 N–H and O–H groups in total. The second-order valence-electron chi connectivity index (χ2n) is 8.50. The lowest BCUT2D eigenvalue weighted by Crippen LogP contribution is -2.43. The van der Waals surface area contributed by atoms with Crippen molar-refractivity contribution in [1.29, 1.82) is 0 Å². The normalized spacial score (nSPS) is 16.4. The summed E-state index contributed by atoms with van der Waals surface area (Å²) in [6.07, 6.45) is 3.69. The fraction of sp³-hybridized carbons (Fsp3) is 0.346. The van der Waals surface area contributed by atoms with Crippen molar-refractivity contribution in [2.75, 3.05) is 18.0 Å². The van der Waals surface area contributed by atoms with E-state index in [1.807, 2.05) is 36.4 Å². The van der Waals surface area contributed by atoms with Gasteiger partial charge in [-0.3, -0.25) is 4.79 Å². The van der Waals surface area contributed by atoms with Crippen LogP contribution in [0, 0.1) is 5.92 Å². The molecule has 1 amide bonds. The number of carbonyl (C=O) groups excluding carboxylic acids is 1. The summed E-state index contributed by atoms with van der Waals surface area (Å²) in [4.78, 5) is 24.2. The van der Waals surface area contributed by atoms with Crippen LogP contribution in [-0.4, -0.2) is 29.0 Å². The number of carbonyl (C=O) groups is 1. The Balaban J connectivity index is 1.37. The van der Waals surface area contributed by atoms with Gasteiger partial charge in [0.05, 0.1) is 5.92 Å². The zero-order chi connectivity index (χ0) is 21.6. The van der Waals surface area contributed by atoms with Crippen LogP contribution in [0.1, 0.15) is 43.7 Å². The Morgan fingerprint density at radius 1 is 1.10 bits per heavy atom. The number of anilines is 1. The highest BCUT2D eigenvalue weighted by molar-refractivity contribution is 5.79. The van der Waals surface area contributed by atoms with E-state index in [0.29, 0.717) is 19.0 Å². The zero-order valence-corrected chi connectivity index (χ0v) is 18.3. The number of aromatic nitrogens is 2. The average molecular weight is 415 g/mol. The molecule has 5 heteroatoms. The molecule has 0 unspecified atom stereocenters. The predicted molar refractivity (Wildman–Crippen MR) is 125 cm³/mol. The van der Waals surface area contributed by atoms with Gasteiger partial charge >= 0.3 is 0 Å². The van der Waals surface area contributed by atoms with Crippen LogP contribution in [-0.2, 0) is 11.3 Å². The van der Waals surface area contributed by atoms with Crippen LogP contribution < -0.4 is 10.2 Å². The standard InChI is InChI=1S/C26H30N4O/c1-19(2)21-12-10-20(11-13-21)17-28-26(31)23-9-6-16-30(18-23)24-14-15-27-25(29-24)22-7-4-3-5-8-22/h3-5,7-8,10-15,19,23H,6,9,16-18H2,1-2H3,(H,28,31)/t23-/m0/s1. The van der Waals surface area contributed by atoms with Crippen molar-refractivity contribution in [2.24, 2.45) is 5.92 Å². The number of hydrogen-bond donors (Lipinski definition) is 1. The van der Waals surface area contributed by atoms with E-state index >= 15 is 0 Å². The molecule has 1 aliphatic rings. The van der Waals surface area contributed by atoms with Gasteiger partial charge < -0.3 is 10.2 Å². The van der Waals surface area contributed by atoms with Crippen LogP contribution in [0.2, 0.25) is 0 Å². The van der Waals surface area contributed by atoms with Crippen molar-refractivity contribution < 1.29 is 4.79 Å². The van der Waals surface area contributed by atoms with Crippen LogP contribution in [0.15, 0.2) is 66.9 Å². The largest absolute Gasteiger partial charge is 0.356 e. The average Bonchev–Trinajstić information content (AvgIpc) is 2.83. The molecule has 0 bridgehead atoms. The fourth-order valence-corrected chi connectivity index (χ4v) is 4.00. The highest BCUT2D eigenvalue weighted by atomic mass is 16.1. The zero-order valence-electron chi connectivity index (χ0n) is 18.3. The quantitative estimate of drug-likeness (QED) is 0.629. The third-order valence-corrected chi connectivity index (χ3v) is 5.90. The van der Waals surface area contributed by atoms with Gasteiger partial charge in [0.25, 0.3) is 0 Å². The minimum Gasteiger partial charge on any atom is -0.356 e. The molecule has 31 heavy (non-hydrogen) atoms. The molecule has 0 aliphatic carbocycles. The van der Waals surface area contributed by atoms with Gasteiger partial charge in [-0.15, -0.1) is 0 Å². The molecule has 2 heterocycles. The fourth-order valence-electron chi connectivity index (χ4n) is 4.00. The first-order chi connectivity index (χ1) is 15.1. The third kappa shape index (κ3) is 5.29. The maximum absolute atomic E-state index is 12.8. The summed E-state index contributed by atoms with van der Waals surface area (Å²) in [5.41, 5.74) is 3.45. The molecule has 1 saturated heterocycles. The van der Waals surface area contributed by atoms with Crippen LogP contribution in [0.25, 0.3) is 11.4 Å². The van der Waals surface area contributed by atoms with Gasteiger partial charge in [-0.2, -0.15) is 0 Å². The number of amides is 1. The van der Waals surface area contributed by atoms with Gasteiger partial charge in [-0.25, -0.2) is 9.97 Å². The lowest BCUT2D eigenvalue weighted by Gasteiger charge is -2.33. The van der Waals surface area contributed by atoms with Crippen LogP contribution in [0.5, 0.6) is 0 Å². The van der Waals surface area contributed by atoms with E-state index in [4.69, 9.17) is 4.98 Å². The van der Waals surface area contributed by atoms with Gasteiger partial charge in [0.1, 0.15) is 5.82 Å². The number of nitrogens with zero attached hydrogens (tertiary/aromatic N) is 3. The molecule has 0 spiro atoms. The Morgan fingerprint density at radius 3 is 2.61 bits per heavy atom. The van der Waals surface area contributed by atoms with Crippen molar-refractivity contribution in [3.63, 3.8) is 0 Å². The molecule has 4 rings (SSSR count). The summed E-state index contributed by atoms with van der Waals surface area (Å²) >= 11 is 0. The molecule has 0 saturated carbocycles. The van der Waals surface area contributed by atoms with Gasteiger partial charge in [-0.1, -0.05) is 68.4 Å². The number of hydrogen-bond acceptors (Lipinski definition) is 4. The number of benzene rings is 2. The topological polar surface area (TPSA) is 58.1 Å². The lowest BCUT2D eigenvalue weighted by molar-refractivity contribution is -0.125. The van der Waals surface area contributed by atoms with Crippen LogP contribution >= 0.6 is 0 Å². The molecule has 5 nitrogen and oxygen atoms in total. The molecule has 1 aromatic heterocycles. The van der Waals surface area contributed by atoms with Crippen molar-refractivity contribution in [3.05, 3.63) is 78.0 Å². The van der Waals surface area contributed by atoms with Crippen molar-refractivity contribution >= 4 is 11.7 Å². The Labute approximate surface area is 184 Å². The molecule has 3 aromatic rings. The van der Waals surface area contributed by atoms with Gasteiger partial charge in [0.15, 0.2) is 5.82 Å². The Hall–Kier alpha value is -3.21. The SMILES string of the molecule is CC(C)c1ccc(CNC(=O)[C@H]2CCCN(c3ccnc(-c4ccccc4)n3)C2)cc1. The first-order valence-corrected chi connectivity index (χ1v) is 11.1. The molecular weight excluding hydrogens is 384 g/mol. The lowest BCUT2D eigenvalue weighted by atomic mass is 9.97. The maximum atomic E-state index is 12.8. The minimum atomic E-state index is -0.0289. The van der Waals surface area contributed by atoms with Crippen LogP contribution in [0.3, 0.4) is 0 Å². The summed E-state index contributed by atoms with van der Waals surface area (Å²) in [5, 5.41) is 3.13. The second kappa shape index (κ2) is 9.73. The van der Waals surface area contributed by atoms with Gasteiger partial charge in [0.2, 0.25) is 5.91 Å². The van der Waals surface area contributed by atoms with E-state index in [9.17, 15) is 4.79 Å². The maximum Gasteiger partial charge on any atom is 0.225 e.